The van der Waals surface area contributed by atoms with E-state index < -0.39 is 10.7 Å². The summed E-state index contributed by atoms with van der Waals surface area (Å²) in [4.78, 5) is 10.0. The van der Waals surface area contributed by atoms with Crippen LogP contribution in [0.2, 0.25) is 0 Å². The van der Waals surface area contributed by atoms with Crippen molar-refractivity contribution in [3.05, 3.63) is 34.1 Å². The second-order valence-electron chi connectivity index (χ2n) is 4.53. The molecule has 1 fully saturated rings. The number of rotatable bonds is 5. The van der Waals surface area contributed by atoms with E-state index in [1.165, 1.54) is 12.1 Å². The van der Waals surface area contributed by atoms with E-state index in [4.69, 9.17) is 0 Å². The van der Waals surface area contributed by atoms with Gasteiger partial charge in [-0.1, -0.05) is 0 Å². The van der Waals surface area contributed by atoms with Crippen molar-refractivity contribution in [1.82, 2.24) is 5.32 Å². The summed E-state index contributed by atoms with van der Waals surface area (Å²) in [5.74, 6) is 0.0512. The fourth-order valence-corrected chi connectivity index (χ4v) is 2.16. The van der Waals surface area contributed by atoms with Gasteiger partial charge in [-0.3, -0.25) is 10.1 Å². The molecule has 1 aromatic rings. The van der Waals surface area contributed by atoms with Crippen molar-refractivity contribution in [3.63, 3.8) is 0 Å². The van der Waals surface area contributed by atoms with Crippen LogP contribution in [-0.4, -0.2) is 24.6 Å². The summed E-state index contributed by atoms with van der Waals surface area (Å²) < 4.78 is 13.2. The Morgan fingerprint density at radius 1 is 1.50 bits per heavy atom. The predicted octanol–water partition coefficient (Wildman–Crippen LogP) is 2.15. The zero-order chi connectivity index (χ0) is 13.0. The molecule has 1 heterocycles. The number of hydrogen-bond donors (Lipinski definition) is 2. The van der Waals surface area contributed by atoms with Crippen LogP contribution in [0.15, 0.2) is 18.2 Å². The Kier molecular flexibility index (Phi) is 4.09. The Hall–Kier alpha value is -1.69. The van der Waals surface area contributed by atoms with Gasteiger partial charge in [-0.2, -0.15) is 0 Å². The summed E-state index contributed by atoms with van der Waals surface area (Å²) in [6.07, 6.45) is 2.14. The average molecular weight is 253 g/mol. The lowest BCUT2D eigenvalue weighted by atomic mass is 10.1. The molecule has 1 aromatic carbocycles. The number of non-ortho nitro benzene ring substituents is 1. The van der Waals surface area contributed by atoms with Gasteiger partial charge in [0.25, 0.3) is 5.69 Å². The van der Waals surface area contributed by atoms with Crippen molar-refractivity contribution in [2.45, 2.75) is 12.8 Å². The standard InChI is InChI=1S/C12H16FN3O2/c13-10-5-11(7-12(6-10)16(17)18)15-4-2-9-1-3-14-8-9/h5-7,9,14-15H,1-4,8H2. The highest BCUT2D eigenvalue weighted by Crippen LogP contribution is 2.20. The lowest BCUT2D eigenvalue weighted by Gasteiger charge is -2.10. The summed E-state index contributed by atoms with van der Waals surface area (Å²) >= 11 is 0. The van der Waals surface area contributed by atoms with Crippen LogP contribution in [0.1, 0.15) is 12.8 Å². The van der Waals surface area contributed by atoms with Gasteiger partial charge in [-0.15, -0.1) is 0 Å². The Labute approximate surface area is 105 Å². The monoisotopic (exact) mass is 253 g/mol. The average Bonchev–Trinajstić information content (AvgIpc) is 2.81. The van der Waals surface area contributed by atoms with Gasteiger partial charge in [0.2, 0.25) is 0 Å². The van der Waals surface area contributed by atoms with Crippen molar-refractivity contribution >= 4 is 11.4 Å². The molecule has 1 atom stereocenters. The van der Waals surface area contributed by atoms with Gasteiger partial charge < -0.3 is 10.6 Å². The number of halogens is 1. The third-order valence-electron chi connectivity index (χ3n) is 3.14. The first-order chi connectivity index (χ1) is 8.65. The second kappa shape index (κ2) is 5.77. The van der Waals surface area contributed by atoms with E-state index >= 15 is 0 Å². The van der Waals surface area contributed by atoms with E-state index in [0.29, 0.717) is 18.2 Å². The molecule has 6 heteroatoms. The van der Waals surface area contributed by atoms with Crippen molar-refractivity contribution in [2.75, 3.05) is 25.0 Å². The van der Waals surface area contributed by atoms with E-state index in [9.17, 15) is 14.5 Å². The molecule has 0 aromatic heterocycles. The summed E-state index contributed by atoms with van der Waals surface area (Å²) in [7, 11) is 0. The van der Waals surface area contributed by atoms with Crippen LogP contribution in [0.5, 0.6) is 0 Å². The van der Waals surface area contributed by atoms with Crippen LogP contribution in [0.25, 0.3) is 0 Å². The summed E-state index contributed by atoms with van der Waals surface area (Å²) in [6, 6.07) is 3.56. The molecule has 0 radical (unpaired) electrons. The molecule has 1 aliphatic rings. The predicted molar refractivity (Wildman–Crippen MR) is 67.1 cm³/mol. The van der Waals surface area contributed by atoms with Crippen LogP contribution in [0, 0.1) is 21.8 Å². The van der Waals surface area contributed by atoms with Gasteiger partial charge in [-0.25, -0.2) is 4.39 Å². The van der Waals surface area contributed by atoms with Crippen molar-refractivity contribution in [3.8, 4) is 0 Å². The van der Waals surface area contributed by atoms with E-state index in [1.54, 1.807) is 0 Å². The molecule has 0 aliphatic carbocycles. The van der Waals surface area contributed by atoms with Crippen molar-refractivity contribution < 1.29 is 9.31 Å². The second-order valence-corrected chi connectivity index (χ2v) is 4.53. The number of nitro groups is 1. The highest BCUT2D eigenvalue weighted by molar-refractivity contribution is 5.51. The quantitative estimate of drug-likeness (QED) is 0.623. The molecular formula is C12H16FN3O2. The SMILES string of the molecule is O=[N+]([O-])c1cc(F)cc(NCCC2CCNC2)c1. The molecule has 0 bridgehead atoms. The van der Waals surface area contributed by atoms with Gasteiger partial charge in [0.05, 0.1) is 11.0 Å². The molecule has 18 heavy (non-hydrogen) atoms. The normalized spacial score (nSPS) is 18.8. The fourth-order valence-electron chi connectivity index (χ4n) is 2.16. The first-order valence-corrected chi connectivity index (χ1v) is 6.05. The van der Waals surface area contributed by atoms with Gasteiger partial charge in [0.15, 0.2) is 0 Å². The number of benzene rings is 1. The number of hydrogen-bond acceptors (Lipinski definition) is 4. The summed E-state index contributed by atoms with van der Waals surface area (Å²) in [5, 5.41) is 16.9. The minimum absolute atomic E-state index is 0.222. The van der Waals surface area contributed by atoms with E-state index in [1.807, 2.05) is 0 Å². The summed E-state index contributed by atoms with van der Waals surface area (Å²) in [6.45, 7) is 2.77. The lowest BCUT2D eigenvalue weighted by molar-refractivity contribution is -0.385. The smallest absolute Gasteiger partial charge is 0.274 e. The molecule has 1 unspecified atom stereocenters. The first-order valence-electron chi connectivity index (χ1n) is 6.05. The molecule has 98 valence electrons. The molecular weight excluding hydrogens is 237 g/mol. The molecule has 2 N–H and O–H groups in total. The maximum Gasteiger partial charge on any atom is 0.274 e. The highest BCUT2D eigenvalue weighted by atomic mass is 19.1. The Balaban J connectivity index is 1.89. The number of nitrogens with zero attached hydrogens (tertiary/aromatic N) is 1. The molecule has 5 nitrogen and oxygen atoms in total. The molecule has 0 spiro atoms. The van der Waals surface area contributed by atoms with Crippen LogP contribution < -0.4 is 10.6 Å². The number of nitro benzene ring substituents is 1. The van der Waals surface area contributed by atoms with Crippen LogP contribution in [0.3, 0.4) is 0 Å². The zero-order valence-electron chi connectivity index (χ0n) is 9.99. The van der Waals surface area contributed by atoms with Gasteiger partial charge in [-0.05, 0) is 37.9 Å². The van der Waals surface area contributed by atoms with E-state index in [2.05, 4.69) is 10.6 Å². The van der Waals surface area contributed by atoms with Gasteiger partial charge >= 0.3 is 0 Å². The minimum Gasteiger partial charge on any atom is -0.385 e. The molecule has 1 aliphatic heterocycles. The topological polar surface area (TPSA) is 67.2 Å². The van der Waals surface area contributed by atoms with Gasteiger partial charge in [0.1, 0.15) is 5.82 Å². The minimum atomic E-state index is -0.589. The van der Waals surface area contributed by atoms with Crippen molar-refractivity contribution in [2.24, 2.45) is 5.92 Å². The third-order valence-corrected chi connectivity index (χ3v) is 3.14. The number of nitrogens with one attached hydrogen (secondary N) is 2. The van der Waals surface area contributed by atoms with Crippen molar-refractivity contribution in [1.29, 1.82) is 0 Å². The van der Waals surface area contributed by atoms with Crippen LogP contribution in [-0.2, 0) is 0 Å². The third kappa shape index (κ3) is 3.40. The highest BCUT2D eigenvalue weighted by Gasteiger charge is 2.14. The molecule has 0 amide bonds. The Bertz CT molecular complexity index is 433. The maximum absolute atomic E-state index is 13.2. The fraction of sp³-hybridized carbons (Fsp3) is 0.500. The maximum atomic E-state index is 13.2. The number of anilines is 1. The molecule has 0 saturated carbocycles. The van der Waals surface area contributed by atoms with Gasteiger partial charge in [0, 0.05) is 18.3 Å². The molecule has 1 saturated heterocycles. The Morgan fingerprint density at radius 3 is 3.00 bits per heavy atom. The first kappa shape index (κ1) is 12.8. The van der Waals surface area contributed by atoms with E-state index in [0.717, 1.165) is 32.0 Å². The lowest BCUT2D eigenvalue weighted by Crippen LogP contribution is -2.12. The van der Waals surface area contributed by atoms with Crippen LogP contribution >= 0.6 is 0 Å². The Morgan fingerprint density at radius 2 is 2.33 bits per heavy atom. The zero-order valence-corrected chi connectivity index (χ0v) is 9.99. The largest absolute Gasteiger partial charge is 0.385 e. The molecule has 2 rings (SSSR count). The van der Waals surface area contributed by atoms with E-state index in [-0.39, 0.29) is 5.69 Å². The summed E-state index contributed by atoms with van der Waals surface area (Å²) in [5.41, 5.74) is 0.243. The van der Waals surface area contributed by atoms with Crippen LogP contribution in [0.4, 0.5) is 15.8 Å².